The van der Waals surface area contributed by atoms with Gasteiger partial charge in [0.2, 0.25) is 0 Å². The lowest BCUT2D eigenvalue weighted by atomic mass is 10.2. The van der Waals surface area contributed by atoms with Crippen LogP contribution in [0.25, 0.3) is 0 Å². The summed E-state index contributed by atoms with van der Waals surface area (Å²) in [5, 5.41) is 5.19. The van der Waals surface area contributed by atoms with E-state index in [4.69, 9.17) is 27.9 Å². The Morgan fingerprint density at radius 3 is 2.57 bits per heavy atom. The molecule has 21 heavy (non-hydrogen) atoms. The predicted octanol–water partition coefficient (Wildman–Crippen LogP) is 2.96. The van der Waals surface area contributed by atoms with Crippen LogP contribution < -0.4 is 10.1 Å². The third-order valence-electron chi connectivity index (χ3n) is 2.90. The lowest BCUT2D eigenvalue weighted by Gasteiger charge is -2.13. The van der Waals surface area contributed by atoms with Gasteiger partial charge in [0.05, 0.1) is 15.8 Å². The highest BCUT2D eigenvalue weighted by atomic mass is 35.5. The second-order valence-corrected chi connectivity index (χ2v) is 7.38. The topological polar surface area (TPSA) is 55.4 Å². The number of hydrogen-bond acceptors (Lipinski definition) is 4. The van der Waals surface area contributed by atoms with E-state index in [9.17, 15) is 8.42 Å². The van der Waals surface area contributed by atoms with E-state index in [-0.39, 0.29) is 11.8 Å². The van der Waals surface area contributed by atoms with Crippen molar-refractivity contribution in [2.75, 3.05) is 12.4 Å². The zero-order valence-corrected chi connectivity index (χ0v) is 13.5. The largest absolute Gasteiger partial charge is 0.486 e. The third-order valence-corrected chi connectivity index (χ3v) is 4.86. The number of benzene rings is 1. The monoisotopic (exact) mass is 347 g/mol. The van der Waals surface area contributed by atoms with Gasteiger partial charge in [-0.05, 0) is 17.7 Å². The Balaban J connectivity index is 2.02. The third kappa shape index (κ3) is 4.48. The van der Waals surface area contributed by atoms with Gasteiger partial charge in [-0.2, -0.15) is 0 Å². The molecule has 0 unspecified atom stereocenters. The van der Waals surface area contributed by atoms with Crippen molar-refractivity contribution >= 4 is 33.0 Å². The fraction of sp³-hybridized carbons (Fsp3) is 0.286. The molecule has 1 heterocycles. The van der Waals surface area contributed by atoms with E-state index in [2.05, 4.69) is 11.9 Å². The predicted molar refractivity (Wildman–Crippen MR) is 85.7 cm³/mol. The molecule has 0 fully saturated rings. The van der Waals surface area contributed by atoms with Crippen LogP contribution in [0.5, 0.6) is 5.75 Å². The van der Waals surface area contributed by atoms with E-state index >= 15 is 0 Å². The Morgan fingerprint density at radius 1 is 1.38 bits per heavy atom. The summed E-state index contributed by atoms with van der Waals surface area (Å²) in [7, 11) is -3.06. The molecule has 0 saturated heterocycles. The van der Waals surface area contributed by atoms with Crippen LogP contribution in [0.1, 0.15) is 5.56 Å². The standard InChI is InChI=1S/C14H15Cl2NO3S/c1-2-4-20-14-12(15)6-10(7-13(14)16)8-17-11-3-5-21(18,19)9-11/h2-3,5-7,11,17H,1,4,8-9H2/t11-/m1/s1. The van der Waals surface area contributed by atoms with Crippen LogP contribution in [-0.2, 0) is 16.4 Å². The summed E-state index contributed by atoms with van der Waals surface area (Å²) in [5.74, 6) is 0.500. The summed E-state index contributed by atoms with van der Waals surface area (Å²) in [6.45, 7) is 4.35. The molecule has 1 atom stereocenters. The van der Waals surface area contributed by atoms with Crippen LogP contribution in [0, 0.1) is 0 Å². The first-order valence-corrected chi connectivity index (χ1v) is 8.74. The van der Waals surface area contributed by atoms with Gasteiger partial charge in [-0.15, -0.1) is 0 Å². The van der Waals surface area contributed by atoms with Crippen molar-refractivity contribution in [2.45, 2.75) is 12.6 Å². The fourth-order valence-corrected chi connectivity index (χ4v) is 3.86. The summed E-state index contributed by atoms with van der Waals surface area (Å²) in [6.07, 6.45) is 3.25. The quantitative estimate of drug-likeness (QED) is 0.803. The average Bonchev–Trinajstić information content (AvgIpc) is 2.75. The second-order valence-electron chi connectivity index (χ2n) is 4.63. The SMILES string of the molecule is C=CCOc1c(Cl)cc(CN[C@@H]2C=CS(=O)(=O)C2)cc1Cl. The first-order chi connectivity index (χ1) is 9.91. The molecule has 0 aromatic heterocycles. The van der Waals surface area contributed by atoms with Gasteiger partial charge < -0.3 is 10.1 Å². The van der Waals surface area contributed by atoms with Crippen LogP contribution in [0.3, 0.4) is 0 Å². The molecule has 1 aromatic rings. The Bertz CT molecular complexity index is 648. The zero-order chi connectivity index (χ0) is 15.5. The maximum absolute atomic E-state index is 11.3. The number of halogens is 2. The minimum absolute atomic E-state index is 0.0784. The van der Waals surface area contributed by atoms with Crippen molar-refractivity contribution in [1.29, 1.82) is 0 Å². The number of ether oxygens (including phenoxy) is 1. The molecule has 0 aliphatic carbocycles. The molecule has 7 heteroatoms. The highest BCUT2D eigenvalue weighted by Crippen LogP contribution is 2.34. The molecule has 2 rings (SSSR count). The van der Waals surface area contributed by atoms with Crippen LogP contribution in [0.2, 0.25) is 10.0 Å². The average molecular weight is 348 g/mol. The highest BCUT2D eigenvalue weighted by molar-refractivity contribution is 7.94. The summed E-state index contributed by atoms with van der Waals surface area (Å²) >= 11 is 12.3. The Kier molecular flexibility index (Phi) is 5.32. The van der Waals surface area contributed by atoms with Crippen LogP contribution >= 0.6 is 23.2 Å². The van der Waals surface area contributed by atoms with Gasteiger partial charge in [0.1, 0.15) is 6.61 Å². The molecule has 0 bridgehead atoms. The maximum Gasteiger partial charge on any atom is 0.173 e. The van der Waals surface area contributed by atoms with Crippen molar-refractivity contribution in [3.8, 4) is 5.75 Å². The summed E-state index contributed by atoms with van der Waals surface area (Å²) < 4.78 is 28.0. The van der Waals surface area contributed by atoms with Crippen LogP contribution in [0.15, 0.2) is 36.3 Å². The number of nitrogens with one attached hydrogen (secondary N) is 1. The van der Waals surface area contributed by atoms with Crippen molar-refractivity contribution in [3.63, 3.8) is 0 Å². The highest BCUT2D eigenvalue weighted by Gasteiger charge is 2.21. The molecule has 1 aliphatic heterocycles. The Hall–Kier alpha value is -1.01. The van der Waals surface area contributed by atoms with E-state index in [0.717, 1.165) is 5.56 Å². The molecular formula is C14H15Cl2NO3S. The van der Waals surface area contributed by atoms with Gasteiger partial charge in [0.15, 0.2) is 15.6 Å². The summed E-state index contributed by atoms with van der Waals surface area (Å²) in [5.41, 5.74) is 0.855. The number of hydrogen-bond donors (Lipinski definition) is 1. The van der Waals surface area contributed by atoms with Gasteiger partial charge in [-0.25, -0.2) is 8.42 Å². The molecule has 4 nitrogen and oxygen atoms in total. The van der Waals surface area contributed by atoms with Crippen LogP contribution in [-0.4, -0.2) is 26.8 Å². The minimum Gasteiger partial charge on any atom is -0.486 e. The van der Waals surface area contributed by atoms with Crippen molar-refractivity contribution in [2.24, 2.45) is 0 Å². The molecule has 114 valence electrons. The van der Waals surface area contributed by atoms with Gasteiger partial charge in [0, 0.05) is 18.0 Å². The van der Waals surface area contributed by atoms with E-state index in [1.165, 1.54) is 5.41 Å². The molecule has 1 aromatic carbocycles. The van der Waals surface area contributed by atoms with E-state index in [1.54, 1.807) is 24.3 Å². The maximum atomic E-state index is 11.3. The molecule has 0 radical (unpaired) electrons. The molecule has 0 amide bonds. The summed E-state index contributed by atoms with van der Waals surface area (Å²) in [6, 6.07) is 3.29. The number of sulfone groups is 1. The Morgan fingerprint density at radius 2 is 2.05 bits per heavy atom. The summed E-state index contributed by atoms with van der Waals surface area (Å²) in [4.78, 5) is 0. The van der Waals surface area contributed by atoms with E-state index < -0.39 is 9.84 Å². The van der Waals surface area contributed by atoms with Crippen molar-refractivity contribution in [3.05, 3.63) is 51.9 Å². The van der Waals surface area contributed by atoms with Gasteiger partial charge >= 0.3 is 0 Å². The van der Waals surface area contributed by atoms with Crippen molar-refractivity contribution < 1.29 is 13.2 Å². The van der Waals surface area contributed by atoms with Gasteiger partial charge in [-0.3, -0.25) is 0 Å². The van der Waals surface area contributed by atoms with E-state index in [1.807, 2.05) is 0 Å². The second kappa shape index (κ2) is 6.83. The van der Waals surface area contributed by atoms with Gasteiger partial charge in [0.25, 0.3) is 0 Å². The zero-order valence-electron chi connectivity index (χ0n) is 11.2. The molecule has 1 aliphatic rings. The molecule has 0 spiro atoms. The van der Waals surface area contributed by atoms with Crippen molar-refractivity contribution in [1.82, 2.24) is 5.32 Å². The normalized spacial score (nSPS) is 19.6. The smallest absolute Gasteiger partial charge is 0.173 e. The van der Waals surface area contributed by atoms with Crippen LogP contribution in [0.4, 0.5) is 0 Å². The molecular weight excluding hydrogens is 333 g/mol. The van der Waals surface area contributed by atoms with E-state index in [0.29, 0.717) is 28.9 Å². The first kappa shape index (κ1) is 16.4. The number of rotatable bonds is 6. The molecule has 1 N–H and O–H groups in total. The molecule has 0 saturated carbocycles. The lowest BCUT2D eigenvalue weighted by Crippen LogP contribution is -2.29. The fourth-order valence-electron chi connectivity index (χ4n) is 1.95. The van der Waals surface area contributed by atoms with Gasteiger partial charge in [-0.1, -0.05) is 41.9 Å². The minimum atomic E-state index is -3.06. The Labute approximate surface area is 134 Å². The lowest BCUT2D eigenvalue weighted by molar-refractivity contribution is 0.363. The first-order valence-electron chi connectivity index (χ1n) is 6.27.